The van der Waals surface area contributed by atoms with Gasteiger partial charge in [-0.1, -0.05) is 0 Å². The lowest BCUT2D eigenvalue weighted by Crippen LogP contribution is -2.29. The number of aromatic carboxylic acids is 1. The van der Waals surface area contributed by atoms with E-state index in [2.05, 4.69) is 15.2 Å². The van der Waals surface area contributed by atoms with Gasteiger partial charge in [0.2, 0.25) is 0 Å². The first-order chi connectivity index (χ1) is 11.2. The molecule has 126 valence electrons. The SMILES string of the molecule is COCCN1CCc2cc(C(=O)O)c(NCC3CC3)nc2CC1. The maximum Gasteiger partial charge on any atom is 0.339 e. The third kappa shape index (κ3) is 4.20. The third-order valence-corrected chi connectivity index (χ3v) is 4.65. The van der Waals surface area contributed by atoms with E-state index in [9.17, 15) is 9.90 Å². The summed E-state index contributed by atoms with van der Waals surface area (Å²) in [5, 5.41) is 12.7. The van der Waals surface area contributed by atoms with E-state index in [-0.39, 0.29) is 0 Å². The standard InChI is InChI=1S/C17H25N3O3/c1-23-9-8-20-6-4-13-10-14(17(21)22)16(18-11-12-2-3-12)19-15(13)5-7-20/h10,12H,2-9,11H2,1H3,(H,18,19)(H,21,22). The molecule has 2 N–H and O–H groups in total. The minimum atomic E-state index is -0.904. The van der Waals surface area contributed by atoms with Crippen LogP contribution in [0.2, 0.25) is 0 Å². The van der Waals surface area contributed by atoms with E-state index in [4.69, 9.17) is 4.74 Å². The van der Waals surface area contributed by atoms with Gasteiger partial charge in [-0.2, -0.15) is 0 Å². The van der Waals surface area contributed by atoms with Crippen LogP contribution in [0.5, 0.6) is 0 Å². The van der Waals surface area contributed by atoms with Gasteiger partial charge in [0.15, 0.2) is 0 Å². The molecule has 1 saturated carbocycles. The fourth-order valence-electron chi connectivity index (χ4n) is 2.98. The molecule has 6 heteroatoms. The van der Waals surface area contributed by atoms with Crippen molar-refractivity contribution in [2.24, 2.45) is 5.92 Å². The molecule has 0 amide bonds. The van der Waals surface area contributed by atoms with Gasteiger partial charge in [0, 0.05) is 45.4 Å². The highest BCUT2D eigenvalue weighted by Gasteiger charge is 2.24. The number of hydrogen-bond acceptors (Lipinski definition) is 5. The van der Waals surface area contributed by atoms with Crippen LogP contribution in [-0.4, -0.2) is 60.9 Å². The summed E-state index contributed by atoms with van der Waals surface area (Å²) in [7, 11) is 1.71. The van der Waals surface area contributed by atoms with Crippen molar-refractivity contribution >= 4 is 11.8 Å². The highest BCUT2D eigenvalue weighted by atomic mass is 16.5. The van der Waals surface area contributed by atoms with E-state index >= 15 is 0 Å². The van der Waals surface area contributed by atoms with Gasteiger partial charge in [-0.25, -0.2) is 9.78 Å². The van der Waals surface area contributed by atoms with Crippen molar-refractivity contribution in [2.45, 2.75) is 25.7 Å². The number of pyridine rings is 1. The van der Waals surface area contributed by atoms with E-state index in [0.717, 1.165) is 56.9 Å². The molecule has 0 saturated heterocycles. The fourth-order valence-corrected chi connectivity index (χ4v) is 2.98. The van der Waals surface area contributed by atoms with Crippen LogP contribution in [0, 0.1) is 5.92 Å². The van der Waals surface area contributed by atoms with Gasteiger partial charge in [-0.05, 0) is 36.8 Å². The average Bonchev–Trinajstić information content (AvgIpc) is 3.37. The summed E-state index contributed by atoms with van der Waals surface area (Å²) >= 11 is 0. The number of fused-ring (bicyclic) bond motifs is 1. The molecule has 0 unspecified atom stereocenters. The van der Waals surface area contributed by atoms with Crippen LogP contribution in [-0.2, 0) is 17.6 Å². The fraction of sp³-hybridized carbons (Fsp3) is 0.647. The van der Waals surface area contributed by atoms with Crippen molar-refractivity contribution in [1.29, 1.82) is 0 Å². The summed E-state index contributed by atoms with van der Waals surface area (Å²) in [4.78, 5) is 18.6. The summed E-state index contributed by atoms with van der Waals surface area (Å²) in [6, 6.07) is 1.82. The van der Waals surface area contributed by atoms with Gasteiger partial charge in [0.05, 0.1) is 6.61 Å². The average molecular weight is 319 g/mol. The molecule has 1 aliphatic carbocycles. The van der Waals surface area contributed by atoms with Crippen molar-refractivity contribution in [3.8, 4) is 0 Å². The normalized spacial score (nSPS) is 18.3. The van der Waals surface area contributed by atoms with Crippen molar-refractivity contribution < 1.29 is 14.6 Å². The van der Waals surface area contributed by atoms with Gasteiger partial charge in [-0.3, -0.25) is 0 Å². The van der Waals surface area contributed by atoms with Crippen LogP contribution >= 0.6 is 0 Å². The molecule has 2 heterocycles. The monoisotopic (exact) mass is 319 g/mol. The summed E-state index contributed by atoms with van der Waals surface area (Å²) in [6.07, 6.45) is 4.16. The lowest BCUT2D eigenvalue weighted by Gasteiger charge is -2.18. The Labute approximate surface area is 136 Å². The minimum Gasteiger partial charge on any atom is -0.478 e. The molecule has 1 fully saturated rings. The Morgan fingerprint density at radius 2 is 2.22 bits per heavy atom. The van der Waals surface area contributed by atoms with Crippen LogP contribution in [0.4, 0.5) is 5.82 Å². The van der Waals surface area contributed by atoms with Crippen LogP contribution in [0.15, 0.2) is 6.07 Å². The number of nitrogens with one attached hydrogen (secondary N) is 1. The van der Waals surface area contributed by atoms with Gasteiger partial charge in [-0.15, -0.1) is 0 Å². The number of rotatable bonds is 7. The molecule has 0 spiro atoms. The molecule has 0 radical (unpaired) electrons. The summed E-state index contributed by atoms with van der Waals surface area (Å²) in [5.41, 5.74) is 2.40. The highest BCUT2D eigenvalue weighted by Crippen LogP contribution is 2.29. The predicted molar refractivity (Wildman–Crippen MR) is 88.1 cm³/mol. The van der Waals surface area contributed by atoms with Crippen molar-refractivity contribution in [3.05, 3.63) is 22.9 Å². The van der Waals surface area contributed by atoms with E-state index in [1.807, 2.05) is 6.07 Å². The Balaban J connectivity index is 1.76. The van der Waals surface area contributed by atoms with Gasteiger partial charge in [0.25, 0.3) is 0 Å². The van der Waals surface area contributed by atoms with E-state index in [1.54, 1.807) is 7.11 Å². The summed E-state index contributed by atoms with van der Waals surface area (Å²) in [5.74, 6) is 0.314. The number of nitrogens with zero attached hydrogens (tertiary/aromatic N) is 2. The maximum atomic E-state index is 11.6. The molecule has 0 aromatic carbocycles. The lowest BCUT2D eigenvalue weighted by atomic mass is 10.1. The first kappa shape index (κ1) is 16.2. The predicted octanol–water partition coefficient (Wildman–Crippen LogP) is 1.65. The number of carboxylic acids is 1. The summed E-state index contributed by atoms with van der Waals surface area (Å²) in [6.45, 7) is 4.32. The molecular weight excluding hydrogens is 294 g/mol. The number of anilines is 1. The smallest absolute Gasteiger partial charge is 0.339 e. The van der Waals surface area contributed by atoms with Crippen LogP contribution in [0.25, 0.3) is 0 Å². The van der Waals surface area contributed by atoms with Crippen LogP contribution < -0.4 is 5.32 Å². The quantitative estimate of drug-likeness (QED) is 0.796. The first-order valence-electron chi connectivity index (χ1n) is 8.38. The highest BCUT2D eigenvalue weighted by molar-refractivity contribution is 5.93. The Morgan fingerprint density at radius 3 is 2.91 bits per heavy atom. The number of carbonyl (C=O) groups is 1. The number of ether oxygens (including phenoxy) is 1. The van der Waals surface area contributed by atoms with Gasteiger partial charge >= 0.3 is 5.97 Å². The molecule has 6 nitrogen and oxygen atoms in total. The van der Waals surface area contributed by atoms with Gasteiger partial charge < -0.3 is 20.1 Å². The van der Waals surface area contributed by atoms with Crippen LogP contribution in [0.1, 0.15) is 34.5 Å². The lowest BCUT2D eigenvalue weighted by molar-refractivity contribution is 0.0697. The zero-order valence-corrected chi connectivity index (χ0v) is 13.7. The van der Waals surface area contributed by atoms with E-state index in [1.165, 1.54) is 12.8 Å². The zero-order chi connectivity index (χ0) is 16.2. The van der Waals surface area contributed by atoms with E-state index in [0.29, 0.717) is 17.3 Å². The van der Waals surface area contributed by atoms with Crippen molar-refractivity contribution in [3.63, 3.8) is 0 Å². The molecule has 1 aliphatic heterocycles. The summed E-state index contributed by atoms with van der Waals surface area (Å²) < 4.78 is 5.15. The Bertz CT molecular complexity index is 572. The Morgan fingerprint density at radius 1 is 1.43 bits per heavy atom. The van der Waals surface area contributed by atoms with Gasteiger partial charge in [0.1, 0.15) is 11.4 Å². The molecule has 1 aromatic heterocycles. The molecule has 3 rings (SSSR count). The first-order valence-corrected chi connectivity index (χ1v) is 8.38. The largest absolute Gasteiger partial charge is 0.478 e. The zero-order valence-electron chi connectivity index (χ0n) is 13.7. The minimum absolute atomic E-state index is 0.301. The Kier molecular flexibility index (Phi) is 5.13. The molecule has 23 heavy (non-hydrogen) atoms. The van der Waals surface area contributed by atoms with Crippen molar-refractivity contribution in [2.75, 3.05) is 45.2 Å². The molecule has 0 bridgehead atoms. The second-order valence-electron chi connectivity index (χ2n) is 6.45. The van der Waals surface area contributed by atoms with Crippen molar-refractivity contribution in [1.82, 2.24) is 9.88 Å². The number of carboxylic acid groups (broad SMARTS) is 1. The third-order valence-electron chi connectivity index (χ3n) is 4.65. The molecule has 1 aromatic rings. The number of hydrogen-bond donors (Lipinski definition) is 2. The second kappa shape index (κ2) is 7.27. The number of aromatic nitrogens is 1. The number of methoxy groups -OCH3 is 1. The second-order valence-corrected chi connectivity index (χ2v) is 6.45. The van der Waals surface area contributed by atoms with Crippen LogP contribution in [0.3, 0.4) is 0 Å². The van der Waals surface area contributed by atoms with E-state index < -0.39 is 5.97 Å². The molecule has 0 atom stereocenters. The topological polar surface area (TPSA) is 74.7 Å². The Hall–Kier alpha value is -1.66. The molecular formula is C17H25N3O3. The maximum absolute atomic E-state index is 11.6. The molecule has 2 aliphatic rings.